The predicted octanol–water partition coefficient (Wildman–Crippen LogP) is 1.90. The number of rotatable bonds is 7. The Bertz CT molecular complexity index is 950. The number of fused-ring (bicyclic) bond motifs is 1. The van der Waals surface area contributed by atoms with E-state index in [4.69, 9.17) is 10.5 Å². The van der Waals surface area contributed by atoms with Crippen LogP contribution in [0, 0.1) is 0 Å². The predicted molar refractivity (Wildman–Crippen MR) is 118 cm³/mol. The number of hydrogen-bond donors (Lipinski definition) is 2. The van der Waals surface area contributed by atoms with E-state index in [2.05, 4.69) is 20.4 Å². The Morgan fingerprint density at radius 3 is 2.77 bits per heavy atom. The average molecular weight is 451 g/mol. The average Bonchev–Trinajstić information content (AvgIpc) is 3.42. The number of amides is 2. The number of carbonyl (C=O) groups excluding carboxylic acids is 2. The summed E-state index contributed by atoms with van der Waals surface area (Å²) in [5.74, 6) is 0.147. The first-order valence-electron chi connectivity index (χ1n) is 10.2. The van der Waals surface area contributed by atoms with E-state index >= 15 is 0 Å². The van der Waals surface area contributed by atoms with Gasteiger partial charge in [-0.1, -0.05) is 11.8 Å². The van der Waals surface area contributed by atoms with Gasteiger partial charge in [0.05, 0.1) is 24.0 Å². The highest BCUT2D eigenvalue weighted by Gasteiger charge is 2.28. The Morgan fingerprint density at radius 1 is 1.30 bits per heavy atom. The quantitative estimate of drug-likeness (QED) is 0.619. The second kappa shape index (κ2) is 8.94. The SMILES string of the molecule is CCn1c(S[C@H](C)C(=O)Nc2sc3c(c2C(N)=O)CCC3)nnc1N1CCOCC1. The normalized spacial score (nSPS) is 17.1. The van der Waals surface area contributed by atoms with E-state index in [1.807, 2.05) is 18.4 Å². The number of anilines is 2. The first kappa shape index (κ1) is 21.1. The van der Waals surface area contributed by atoms with Gasteiger partial charge in [0.2, 0.25) is 11.9 Å². The number of thiophene rings is 1. The van der Waals surface area contributed by atoms with E-state index in [9.17, 15) is 9.59 Å². The summed E-state index contributed by atoms with van der Waals surface area (Å²) in [5.41, 5.74) is 7.08. The number of nitrogens with two attached hydrogens (primary N) is 1. The third-order valence-corrected chi connectivity index (χ3v) is 7.65. The number of thioether (sulfide) groups is 1. The highest BCUT2D eigenvalue weighted by molar-refractivity contribution is 8.00. The molecule has 2 amide bonds. The smallest absolute Gasteiger partial charge is 0.251 e. The molecule has 11 heteroatoms. The summed E-state index contributed by atoms with van der Waals surface area (Å²) < 4.78 is 7.44. The molecule has 2 aliphatic rings. The van der Waals surface area contributed by atoms with Crippen LogP contribution < -0.4 is 16.0 Å². The molecular weight excluding hydrogens is 424 g/mol. The minimum atomic E-state index is -0.481. The molecule has 2 aromatic heterocycles. The summed E-state index contributed by atoms with van der Waals surface area (Å²) >= 11 is 2.83. The molecule has 1 aliphatic carbocycles. The largest absolute Gasteiger partial charge is 0.378 e. The molecule has 3 heterocycles. The maximum Gasteiger partial charge on any atom is 0.251 e. The Balaban J connectivity index is 1.47. The van der Waals surface area contributed by atoms with Crippen molar-refractivity contribution in [2.45, 2.75) is 50.1 Å². The number of carbonyl (C=O) groups is 2. The van der Waals surface area contributed by atoms with Gasteiger partial charge in [-0.3, -0.25) is 14.2 Å². The highest BCUT2D eigenvalue weighted by Crippen LogP contribution is 2.39. The standard InChI is InChI=1S/C19H26N6O3S2/c1-3-25-18(24-7-9-28-10-8-24)22-23-19(25)29-11(2)16(27)21-17-14(15(20)26)12-5-4-6-13(12)30-17/h11H,3-10H2,1-2H3,(H2,20,26)(H,21,27)/t11-/m1/s1. The van der Waals surface area contributed by atoms with E-state index in [0.717, 1.165) is 48.7 Å². The third-order valence-electron chi connectivity index (χ3n) is 5.36. The van der Waals surface area contributed by atoms with Gasteiger partial charge in [0.1, 0.15) is 5.00 Å². The molecule has 3 N–H and O–H groups in total. The Morgan fingerprint density at radius 2 is 2.07 bits per heavy atom. The molecule has 162 valence electrons. The Labute approximate surface area is 183 Å². The molecule has 30 heavy (non-hydrogen) atoms. The van der Waals surface area contributed by atoms with Gasteiger partial charge >= 0.3 is 0 Å². The van der Waals surface area contributed by atoms with Gasteiger partial charge < -0.3 is 20.7 Å². The van der Waals surface area contributed by atoms with Crippen LogP contribution in [-0.2, 0) is 28.9 Å². The van der Waals surface area contributed by atoms with Crippen LogP contribution >= 0.6 is 23.1 Å². The maximum atomic E-state index is 12.9. The molecule has 0 saturated carbocycles. The van der Waals surface area contributed by atoms with Gasteiger partial charge in [0.15, 0.2) is 5.16 Å². The zero-order valence-electron chi connectivity index (χ0n) is 17.1. The molecular formula is C19H26N6O3S2. The zero-order chi connectivity index (χ0) is 21.3. The van der Waals surface area contributed by atoms with Crippen molar-refractivity contribution in [3.8, 4) is 0 Å². The van der Waals surface area contributed by atoms with E-state index in [-0.39, 0.29) is 5.91 Å². The lowest BCUT2D eigenvalue weighted by molar-refractivity contribution is -0.115. The van der Waals surface area contributed by atoms with Crippen LogP contribution in [0.3, 0.4) is 0 Å². The number of aromatic nitrogens is 3. The molecule has 9 nitrogen and oxygen atoms in total. The van der Waals surface area contributed by atoms with E-state index in [0.29, 0.717) is 35.5 Å². The van der Waals surface area contributed by atoms with Crippen LogP contribution in [0.2, 0.25) is 0 Å². The number of morpholine rings is 1. The summed E-state index contributed by atoms with van der Waals surface area (Å²) in [6.45, 7) is 7.47. The molecule has 0 radical (unpaired) electrons. The third kappa shape index (κ3) is 4.06. The molecule has 0 spiro atoms. The minimum Gasteiger partial charge on any atom is -0.378 e. The van der Waals surface area contributed by atoms with Crippen LogP contribution in [-0.4, -0.2) is 58.1 Å². The van der Waals surface area contributed by atoms with Crippen LogP contribution in [0.25, 0.3) is 0 Å². The summed E-state index contributed by atoms with van der Waals surface area (Å²) in [4.78, 5) is 28.1. The van der Waals surface area contributed by atoms with E-state index in [1.54, 1.807) is 0 Å². The molecule has 0 bridgehead atoms. The minimum absolute atomic E-state index is 0.180. The summed E-state index contributed by atoms with van der Waals surface area (Å²) in [6, 6.07) is 0. The number of hydrogen-bond acceptors (Lipinski definition) is 8. The number of primary amides is 1. The van der Waals surface area contributed by atoms with Crippen molar-refractivity contribution in [2.75, 3.05) is 36.5 Å². The molecule has 1 fully saturated rings. The first-order valence-corrected chi connectivity index (χ1v) is 11.9. The monoisotopic (exact) mass is 450 g/mol. The van der Waals surface area contributed by atoms with Gasteiger partial charge in [-0.05, 0) is 38.7 Å². The van der Waals surface area contributed by atoms with Gasteiger partial charge in [0.25, 0.3) is 5.91 Å². The second-order valence-electron chi connectivity index (χ2n) is 7.30. The first-order chi connectivity index (χ1) is 14.5. The van der Waals surface area contributed by atoms with Crippen molar-refractivity contribution in [2.24, 2.45) is 5.73 Å². The van der Waals surface area contributed by atoms with Crippen molar-refractivity contribution < 1.29 is 14.3 Å². The molecule has 1 saturated heterocycles. The number of ether oxygens (including phenoxy) is 1. The van der Waals surface area contributed by atoms with Crippen molar-refractivity contribution >= 4 is 45.9 Å². The lowest BCUT2D eigenvalue weighted by Crippen LogP contribution is -2.38. The molecule has 0 unspecified atom stereocenters. The zero-order valence-corrected chi connectivity index (χ0v) is 18.8. The van der Waals surface area contributed by atoms with Crippen molar-refractivity contribution in [3.05, 3.63) is 16.0 Å². The van der Waals surface area contributed by atoms with Crippen molar-refractivity contribution in [1.82, 2.24) is 14.8 Å². The van der Waals surface area contributed by atoms with E-state index in [1.165, 1.54) is 23.1 Å². The summed E-state index contributed by atoms with van der Waals surface area (Å²) in [7, 11) is 0. The van der Waals surface area contributed by atoms with Crippen molar-refractivity contribution in [1.29, 1.82) is 0 Å². The molecule has 1 atom stereocenters. The Hall–Kier alpha value is -2.11. The maximum absolute atomic E-state index is 12.9. The lowest BCUT2D eigenvalue weighted by Gasteiger charge is -2.27. The summed E-state index contributed by atoms with van der Waals surface area (Å²) in [5, 5.41) is 12.4. The van der Waals surface area contributed by atoms with Crippen LogP contribution in [0.15, 0.2) is 5.16 Å². The second-order valence-corrected chi connectivity index (χ2v) is 9.71. The van der Waals surface area contributed by atoms with Crippen LogP contribution in [0.4, 0.5) is 10.9 Å². The van der Waals surface area contributed by atoms with Gasteiger partial charge in [-0.15, -0.1) is 21.5 Å². The number of nitrogens with one attached hydrogen (secondary N) is 1. The van der Waals surface area contributed by atoms with Gasteiger partial charge in [0, 0.05) is 24.5 Å². The Kier molecular flexibility index (Phi) is 6.30. The van der Waals surface area contributed by atoms with Crippen LogP contribution in [0.1, 0.15) is 41.1 Å². The van der Waals surface area contributed by atoms with Gasteiger partial charge in [-0.25, -0.2) is 0 Å². The highest BCUT2D eigenvalue weighted by atomic mass is 32.2. The molecule has 0 aromatic carbocycles. The fourth-order valence-electron chi connectivity index (χ4n) is 3.82. The lowest BCUT2D eigenvalue weighted by atomic mass is 10.1. The fourth-order valence-corrected chi connectivity index (χ4v) is 6.03. The fraction of sp³-hybridized carbons (Fsp3) is 0.579. The summed E-state index contributed by atoms with van der Waals surface area (Å²) in [6.07, 6.45) is 2.80. The van der Waals surface area contributed by atoms with E-state index < -0.39 is 11.2 Å². The topological polar surface area (TPSA) is 115 Å². The number of aryl methyl sites for hydroxylation is 1. The van der Waals surface area contributed by atoms with Crippen LogP contribution in [0.5, 0.6) is 0 Å². The molecule has 1 aliphatic heterocycles. The number of nitrogens with zero attached hydrogens (tertiary/aromatic N) is 4. The van der Waals surface area contributed by atoms with Gasteiger partial charge in [-0.2, -0.15) is 0 Å². The molecule has 4 rings (SSSR count). The molecule has 2 aromatic rings. The van der Waals surface area contributed by atoms with Crippen molar-refractivity contribution in [3.63, 3.8) is 0 Å².